The van der Waals surface area contributed by atoms with Gasteiger partial charge in [-0.2, -0.15) is 0 Å². The summed E-state index contributed by atoms with van der Waals surface area (Å²) in [4.78, 5) is 37.1. The molecule has 0 radical (unpaired) electrons. The van der Waals surface area contributed by atoms with E-state index in [1.54, 1.807) is 31.2 Å². The van der Waals surface area contributed by atoms with Crippen molar-refractivity contribution in [2.75, 3.05) is 7.11 Å². The number of benzene rings is 1. The number of Topliss-reactive ketones (excluding diaryl/α,β-unsaturated/α-hetero) is 1. The highest BCUT2D eigenvalue weighted by atomic mass is 16.7. The molecule has 7 heteroatoms. The summed E-state index contributed by atoms with van der Waals surface area (Å²) in [6, 6.07) is 8.21. The van der Waals surface area contributed by atoms with Gasteiger partial charge >= 0.3 is 11.9 Å². The van der Waals surface area contributed by atoms with Crippen molar-refractivity contribution in [1.82, 2.24) is 0 Å². The summed E-state index contributed by atoms with van der Waals surface area (Å²) >= 11 is 0. The molecule has 146 valence electrons. The Morgan fingerprint density at radius 1 is 1.04 bits per heavy atom. The number of cyclic esters (lactones) is 2. The molecule has 1 fully saturated rings. The molecule has 0 N–H and O–H groups in total. The maximum absolute atomic E-state index is 12.6. The summed E-state index contributed by atoms with van der Waals surface area (Å²) in [7, 11) is 1.53. The van der Waals surface area contributed by atoms with Gasteiger partial charge in [0.1, 0.15) is 17.3 Å². The molecule has 0 bridgehead atoms. The maximum atomic E-state index is 12.6. The van der Waals surface area contributed by atoms with E-state index >= 15 is 0 Å². The van der Waals surface area contributed by atoms with Gasteiger partial charge < -0.3 is 18.6 Å². The van der Waals surface area contributed by atoms with Crippen molar-refractivity contribution in [2.24, 2.45) is 0 Å². The number of ketones is 1. The average Bonchev–Trinajstić information content (AvgIpc) is 2.99. The number of carbonyl (C=O) groups is 3. The SMILES string of the molecule is COc1ccc(C(=C2C(=O)OC(C)(C)OC2=O)c2cc(C(C)=O)c(C)o2)cc1. The molecule has 2 aromatic rings. The van der Waals surface area contributed by atoms with Crippen LogP contribution < -0.4 is 4.74 Å². The van der Waals surface area contributed by atoms with Crippen LogP contribution in [0.15, 0.2) is 40.3 Å². The topological polar surface area (TPSA) is 92.0 Å². The predicted octanol–water partition coefficient (Wildman–Crippen LogP) is 3.44. The van der Waals surface area contributed by atoms with Gasteiger partial charge in [0.2, 0.25) is 0 Å². The molecule has 0 aliphatic carbocycles. The minimum Gasteiger partial charge on any atom is -0.497 e. The molecule has 0 spiro atoms. The number of hydrogen-bond acceptors (Lipinski definition) is 7. The van der Waals surface area contributed by atoms with Gasteiger partial charge in [0, 0.05) is 19.4 Å². The van der Waals surface area contributed by atoms with Crippen LogP contribution in [0.3, 0.4) is 0 Å². The predicted molar refractivity (Wildman–Crippen MR) is 98.7 cm³/mol. The first-order valence-electron chi connectivity index (χ1n) is 8.60. The highest BCUT2D eigenvalue weighted by molar-refractivity contribution is 6.22. The van der Waals surface area contributed by atoms with Crippen LogP contribution in [0.1, 0.15) is 48.2 Å². The summed E-state index contributed by atoms with van der Waals surface area (Å²) in [5.74, 6) is -2.05. The third-order valence-corrected chi connectivity index (χ3v) is 4.26. The van der Waals surface area contributed by atoms with E-state index < -0.39 is 17.7 Å². The monoisotopic (exact) mass is 384 g/mol. The van der Waals surface area contributed by atoms with Crippen LogP contribution >= 0.6 is 0 Å². The highest BCUT2D eigenvalue weighted by Crippen LogP contribution is 2.35. The number of rotatable bonds is 4. The summed E-state index contributed by atoms with van der Waals surface area (Å²) in [5, 5.41) is 0. The first-order valence-corrected chi connectivity index (χ1v) is 8.60. The molecule has 3 rings (SSSR count). The van der Waals surface area contributed by atoms with Crippen LogP contribution in [0.4, 0.5) is 0 Å². The Balaban J connectivity index is 2.25. The smallest absolute Gasteiger partial charge is 0.349 e. The lowest BCUT2D eigenvalue weighted by Gasteiger charge is -2.30. The van der Waals surface area contributed by atoms with Crippen LogP contribution in [-0.2, 0) is 19.1 Å². The quantitative estimate of drug-likeness (QED) is 0.345. The minimum atomic E-state index is -1.37. The molecule has 28 heavy (non-hydrogen) atoms. The van der Waals surface area contributed by atoms with E-state index in [-0.39, 0.29) is 22.7 Å². The van der Waals surface area contributed by atoms with Crippen molar-refractivity contribution in [3.05, 3.63) is 58.6 Å². The zero-order valence-electron chi connectivity index (χ0n) is 16.2. The second kappa shape index (κ2) is 6.99. The fraction of sp³-hybridized carbons (Fsp3) is 0.286. The van der Waals surface area contributed by atoms with Gasteiger partial charge in [-0.1, -0.05) is 12.1 Å². The van der Waals surface area contributed by atoms with E-state index in [2.05, 4.69) is 0 Å². The Labute approximate surface area is 161 Å². The summed E-state index contributed by atoms with van der Waals surface area (Å²) in [5.41, 5.74) is 0.754. The van der Waals surface area contributed by atoms with Gasteiger partial charge in [-0.3, -0.25) is 4.79 Å². The van der Waals surface area contributed by atoms with E-state index in [4.69, 9.17) is 18.6 Å². The standard InChI is InChI=1S/C21H20O7/c1-11(22)15-10-16(26-12(15)2)17(13-6-8-14(25-5)9-7-13)18-19(23)27-21(3,4)28-20(18)24/h6-10H,1-5H3. The molecule has 1 aliphatic rings. The molecule has 1 aliphatic heterocycles. The number of furan rings is 1. The van der Waals surface area contributed by atoms with Gasteiger partial charge in [-0.25, -0.2) is 9.59 Å². The van der Waals surface area contributed by atoms with Crippen molar-refractivity contribution in [3.63, 3.8) is 0 Å². The highest BCUT2D eigenvalue weighted by Gasteiger charge is 2.42. The van der Waals surface area contributed by atoms with Crippen LogP contribution in [0.5, 0.6) is 5.75 Å². The maximum Gasteiger partial charge on any atom is 0.349 e. The number of esters is 2. The normalized spacial score (nSPS) is 15.7. The molecule has 0 atom stereocenters. The third kappa shape index (κ3) is 3.55. The molecular formula is C21H20O7. The van der Waals surface area contributed by atoms with E-state index in [1.807, 2.05) is 0 Å². The van der Waals surface area contributed by atoms with Gasteiger partial charge in [-0.15, -0.1) is 0 Å². The largest absolute Gasteiger partial charge is 0.497 e. The van der Waals surface area contributed by atoms with Crippen molar-refractivity contribution in [2.45, 2.75) is 33.5 Å². The Hall–Kier alpha value is -3.35. The summed E-state index contributed by atoms with van der Waals surface area (Å²) in [6.45, 7) is 5.99. The lowest BCUT2D eigenvalue weighted by Crippen LogP contribution is -2.42. The first-order chi connectivity index (χ1) is 13.1. The van der Waals surface area contributed by atoms with Gasteiger partial charge in [-0.05, 0) is 37.6 Å². The molecule has 0 saturated carbocycles. The van der Waals surface area contributed by atoms with E-state index in [1.165, 1.54) is 33.9 Å². The van der Waals surface area contributed by atoms with Crippen LogP contribution in [0.25, 0.3) is 5.57 Å². The van der Waals surface area contributed by atoms with Crippen LogP contribution in [0, 0.1) is 6.92 Å². The molecule has 7 nitrogen and oxygen atoms in total. The molecule has 0 amide bonds. The Morgan fingerprint density at radius 2 is 1.61 bits per heavy atom. The van der Waals surface area contributed by atoms with Gasteiger partial charge in [0.25, 0.3) is 5.79 Å². The Kier molecular flexibility index (Phi) is 4.85. The van der Waals surface area contributed by atoms with Crippen molar-refractivity contribution < 1.29 is 33.0 Å². The number of aryl methyl sites for hydroxylation is 1. The van der Waals surface area contributed by atoms with Gasteiger partial charge in [0.05, 0.1) is 12.7 Å². The Morgan fingerprint density at radius 3 is 2.07 bits per heavy atom. The van der Waals surface area contributed by atoms with Crippen LogP contribution in [0.2, 0.25) is 0 Å². The average molecular weight is 384 g/mol. The fourth-order valence-electron chi connectivity index (χ4n) is 2.98. The van der Waals surface area contributed by atoms with E-state index in [0.29, 0.717) is 22.6 Å². The number of ether oxygens (including phenoxy) is 3. The second-order valence-corrected chi connectivity index (χ2v) is 6.79. The molecule has 2 heterocycles. The number of methoxy groups -OCH3 is 1. The summed E-state index contributed by atoms with van der Waals surface area (Å²) < 4.78 is 21.4. The molecular weight excluding hydrogens is 364 g/mol. The minimum absolute atomic E-state index is 0.184. The lowest BCUT2D eigenvalue weighted by atomic mass is 9.96. The second-order valence-electron chi connectivity index (χ2n) is 6.79. The number of hydrogen-bond donors (Lipinski definition) is 0. The zero-order valence-corrected chi connectivity index (χ0v) is 16.2. The van der Waals surface area contributed by atoms with Gasteiger partial charge in [0.15, 0.2) is 11.4 Å². The van der Waals surface area contributed by atoms with Crippen LogP contribution in [-0.4, -0.2) is 30.6 Å². The van der Waals surface area contributed by atoms with Crippen molar-refractivity contribution in [1.29, 1.82) is 0 Å². The lowest BCUT2D eigenvalue weighted by molar-refractivity contribution is -0.222. The van der Waals surface area contributed by atoms with E-state index in [0.717, 1.165) is 0 Å². The summed E-state index contributed by atoms with van der Waals surface area (Å²) in [6.07, 6.45) is 0. The van der Waals surface area contributed by atoms with E-state index in [9.17, 15) is 14.4 Å². The fourth-order valence-corrected chi connectivity index (χ4v) is 2.98. The molecule has 0 unspecified atom stereocenters. The zero-order chi connectivity index (χ0) is 20.6. The molecule has 1 aromatic carbocycles. The third-order valence-electron chi connectivity index (χ3n) is 4.26. The van der Waals surface area contributed by atoms with Crippen molar-refractivity contribution in [3.8, 4) is 5.75 Å². The number of carbonyl (C=O) groups excluding carboxylic acids is 3. The first kappa shape index (κ1) is 19.4. The van der Waals surface area contributed by atoms with Crippen molar-refractivity contribution >= 4 is 23.3 Å². The Bertz CT molecular complexity index is 968. The molecule has 1 saturated heterocycles. The molecule has 1 aromatic heterocycles.